The number of hydrogen-bond donors (Lipinski definition) is 1. The third-order valence-electron chi connectivity index (χ3n) is 4.37. The SMILES string of the molecule is CCS(=O)(=O)Nc1ccc(C2=NN(C(C)=O)C(c3ccccc3F)C2)cc1. The molecule has 27 heavy (non-hydrogen) atoms. The quantitative estimate of drug-likeness (QED) is 0.852. The lowest BCUT2D eigenvalue weighted by Gasteiger charge is -2.20. The third kappa shape index (κ3) is 4.16. The van der Waals surface area contributed by atoms with Gasteiger partial charge in [-0.25, -0.2) is 17.8 Å². The molecule has 1 N–H and O–H groups in total. The third-order valence-corrected chi connectivity index (χ3v) is 5.68. The number of sulfonamides is 1. The maximum Gasteiger partial charge on any atom is 0.240 e. The minimum atomic E-state index is -3.35. The molecule has 6 nitrogen and oxygen atoms in total. The average molecular weight is 389 g/mol. The van der Waals surface area contributed by atoms with Crippen molar-refractivity contribution < 1.29 is 17.6 Å². The lowest BCUT2D eigenvalue weighted by Crippen LogP contribution is -2.25. The van der Waals surface area contributed by atoms with E-state index in [1.54, 1.807) is 49.4 Å². The fraction of sp³-hybridized carbons (Fsp3) is 0.263. The van der Waals surface area contributed by atoms with Crippen LogP contribution in [0.3, 0.4) is 0 Å². The van der Waals surface area contributed by atoms with Gasteiger partial charge < -0.3 is 0 Å². The van der Waals surface area contributed by atoms with Crippen molar-refractivity contribution in [1.29, 1.82) is 0 Å². The molecule has 2 aromatic rings. The highest BCUT2D eigenvalue weighted by atomic mass is 32.2. The van der Waals surface area contributed by atoms with Gasteiger partial charge in [0.15, 0.2) is 0 Å². The Labute approximate surface area is 157 Å². The molecule has 1 aliphatic heterocycles. The number of benzene rings is 2. The number of carbonyl (C=O) groups excluding carboxylic acids is 1. The van der Waals surface area contributed by atoms with E-state index in [2.05, 4.69) is 9.82 Å². The molecular formula is C19H20FN3O3S. The van der Waals surface area contributed by atoms with Crippen molar-refractivity contribution in [2.45, 2.75) is 26.3 Å². The Balaban J connectivity index is 1.86. The molecule has 142 valence electrons. The molecule has 0 radical (unpaired) electrons. The second kappa shape index (κ2) is 7.48. The van der Waals surface area contributed by atoms with Crippen LogP contribution in [-0.2, 0) is 14.8 Å². The maximum atomic E-state index is 14.2. The van der Waals surface area contributed by atoms with Crippen LogP contribution in [0.5, 0.6) is 0 Å². The van der Waals surface area contributed by atoms with E-state index in [9.17, 15) is 17.6 Å². The molecule has 0 spiro atoms. The molecule has 8 heteroatoms. The van der Waals surface area contributed by atoms with E-state index in [4.69, 9.17) is 0 Å². The number of rotatable bonds is 5. The van der Waals surface area contributed by atoms with Gasteiger partial charge in [-0.3, -0.25) is 9.52 Å². The Hall–Kier alpha value is -2.74. The Morgan fingerprint density at radius 1 is 1.22 bits per heavy atom. The van der Waals surface area contributed by atoms with Crippen molar-refractivity contribution in [3.05, 3.63) is 65.5 Å². The van der Waals surface area contributed by atoms with Crippen LogP contribution in [0, 0.1) is 5.82 Å². The van der Waals surface area contributed by atoms with Crippen LogP contribution in [0.1, 0.15) is 37.4 Å². The first-order valence-corrected chi connectivity index (χ1v) is 10.2. The van der Waals surface area contributed by atoms with Crippen molar-refractivity contribution in [3.8, 4) is 0 Å². The van der Waals surface area contributed by atoms with Gasteiger partial charge in [0.1, 0.15) is 5.82 Å². The molecule has 0 aromatic heterocycles. The van der Waals surface area contributed by atoms with Crippen molar-refractivity contribution in [3.63, 3.8) is 0 Å². The second-order valence-electron chi connectivity index (χ2n) is 6.23. The summed E-state index contributed by atoms with van der Waals surface area (Å²) in [6.45, 7) is 2.95. The van der Waals surface area contributed by atoms with Gasteiger partial charge in [-0.1, -0.05) is 30.3 Å². The van der Waals surface area contributed by atoms with Gasteiger partial charge in [0.25, 0.3) is 0 Å². The molecule has 0 saturated carbocycles. The van der Waals surface area contributed by atoms with E-state index in [1.165, 1.54) is 18.0 Å². The van der Waals surface area contributed by atoms with Crippen LogP contribution >= 0.6 is 0 Å². The average Bonchev–Trinajstić information content (AvgIpc) is 3.08. The first kappa shape index (κ1) is 19.0. The normalized spacial score (nSPS) is 16.9. The summed E-state index contributed by atoms with van der Waals surface area (Å²) in [7, 11) is -3.35. The molecule has 1 unspecified atom stereocenters. The number of hydrogen-bond acceptors (Lipinski definition) is 4. The molecular weight excluding hydrogens is 369 g/mol. The van der Waals surface area contributed by atoms with Gasteiger partial charge in [-0.2, -0.15) is 5.10 Å². The van der Waals surface area contributed by atoms with Gasteiger partial charge in [-0.15, -0.1) is 0 Å². The standard InChI is InChI=1S/C19H20FN3O3S/c1-3-27(25,26)22-15-10-8-14(9-11-15)18-12-19(23(21-18)13(2)24)16-6-4-5-7-17(16)20/h4-11,19,22H,3,12H2,1-2H3. The highest BCUT2D eigenvalue weighted by molar-refractivity contribution is 7.92. The predicted octanol–water partition coefficient (Wildman–Crippen LogP) is 3.28. The Morgan fingerprint density at radius 2 is 1.89 bits per heavy atom. The largest absolute Gasteiger partial charge is 0.284 e. The zero-order valence-electron chi connectivity index (χ0n) is 15.0. The van der Waals surface area contributed by atoms with Crippen molar-refractivity contribution in [2.75, 3.05) is 10.5 Å². The van der Waals surface area contributed by atoms with Crippen LogP contribution in [0.4, 0.5) is 10.1 Å². The summed E-state index contributed by atoms with van der Waals surface area (Å²) in [6.07, 6.45) is 0.376. The van der Waals surface area contributed by atoms with Crippen molar-refractivity contribution >= 4 is 27.3 Å². The first-order chi connectivity index (χ1) is 12.8. The van der Waals surface area contributed by atoms with Gasteiger partial charge in [-0.05, 0) is 30.7 Å². The second-order valence-corrected chi connectivity index (χ2v) is 8.25. The summed E-state index contributed by atoms with van der Waals surface area (Å²) < 4.78 is 40.0. The lowest BCUT2D eigenvalue weighted by atomic mass is 9.98. The van der Waals surface area contributed by atoms with Gasteiger partial charge in [0.2, 0.25) is 15.9 Å². The number of anilines is 1. The lowest BCUT2D eigenvalue weighted by molar-refractivity contribution is -0.130. The molecule has 0 fully saturated rings. The molecule has 1 aliphatic rings. The van der Waals surface area contributed by atoms with Crippen LogP contribution < -0.4 is 4.72 Å². The van der Waals surface area contributed by atoms with Crippen LogP contribution in [0.25, 0.3) is 0 Å². The summed E-state index contributed by atoms with van der Waals surface area (Å²) in [4.78, 5) is 12.0. The number of nitrogens with one attached hydrogen (secondary N) is 1. The topological polar surface area (TPSA) is 78.8 Å². The maximum absolute atomic E-state index is 14.2. The van der Waals surface area contributed by atoms with Gasteiger partial charge in [0, 0.05) is 24.6 Å². The number of amides is 1. The monoisotopic (exact) mass is 389 g/mol. The molecule has 2 aromatic carbocycles. The van der Waals surface area contributed by atoms with E-state index >= 15 is 0 Å². The Morgan fingerprint density at radius 3 is 2.48 bits per heavy atom. The number of carbonyl (C=O) groups is 1. The van der Waals surface area contributed by atoms with E-state index in [0.29, 0.717) is 23.4 Å². The molecule has 3 rings (SSSR count). The van der Waals surface area contributed by atoms with Crippen molar-refractivity contribution in [1.82, 2.24) is 5.01 Å². The molecule has 1 heterocycles. The fourth-order valence-electron chi connectivity index (χ4n) is 2.95. The van der Waals surface area contributed by atoms with Crippen LogP contribution in [0.2, 0.25) is 0 Å². The van der Waals surface area contributed by atoms with Crippen molar-refractivity contribution in [2.24, 2.45) is 5.10 Å². The van der Waals surface area contributed by atoms with E-state index in [-0.39, 0.29) is 17.5 Å². The highest BCUT2D eigenvalue weighted by Gasteiger charge is 2.32. The number of halogens is 1. The van der Waals surface area contributed by atoms with Crippen LogP contribution in [0.15, 0.2) is 53.6 Å². The van der Waals surface area contributed by atoms with Crippen LogP contribution in [-0.4, -0.2) is 30.8 Å². The van der Waals surface area contributed by atoms with Gasteiger partial charge in [0.05, 0.1) is 17.5 Å². The molecule has 1 atom stereocenters. The minimum absolute atomic E-state index is 0.0145. The first-order valence-electron chi connectivity index (χ1n) is 8.53. The fourth-order valence-corrected chi connectivity index (χ4v) is 3.58. The molecule has 0 aliphatic carbocycles. The Bertz CT molecular complexity index is 988. The number of nitrogens with zero attached hydrogens (tertiary/aromatic N) is 2. The molecule has 0 bridgehead atoms. The summed E-state index contributed by atoms with van der Waals surface area (Å²) in [5.74, 6) is -0.667. The summed E-state index contributed by atoms with van der Waals surface area (Å²) in [6, 6.07) is 12.6. The predicted molar refractivity (Wildman–Crippen MR) is 102 cm³/mol. The van der Waals surface area contributed by atoms with E-state index in [0.717, 1.165) is 5.56 Å². The van der Waals surface area contributed by atoms with Gasteiger partial charge >= 0.3 is 0 Å². The van der Waals surface area contributed by atoms with E-state index in [1.807, 2.05) is 0 Å². The molecule has 0 saturated heterocycles. The highest BCUT2D eigenvalue weighted by Crippen LogP contribution is 2.34. The zero-order chi connectivity index (χ0) is 19.6. The number of hydrazone groups is 1. The Kier molecular flexibility index (Phi) is 5.27. The zero-order valence-corrected chi connectivity index (χ0v) is 15.8. The summed E-state index contributed by atoms with van der Waals surface area (Å²) in [5, 5.41) is 5.67. The minimum Gasteiger partial charge on any atom is -0.284 e. The molecule has 1 amide bonds. The summed E-state index contributed by atoms with van der Waals surface area (Å²) in [5.41, 5.74) is 2.26. The van der Waals surface area contributed by atoms with E-state index < -0.39 is 16.1 Å². The smallest absolute Gasteiger partial charge is 0.240 e. The summed E-state index contributed by atoms with van der Waals surface area (Å²) >= 11 is 0.